The lowest BCUT2D eigenvalue weighted by molar-refractivity contribution is -0.551. The molecule has 0 spiro atoms. The standard InChI is InChI=1S/C25H17N3O3/c29-25-19(14-18-10-6-12-30-18)27-24-23(22-13-17-9-4-5-11-21(17)31-22)26-20(15-28(24)25)16-7-2-1-3-8-16/h1-13,15,19H,14H2/p+1. The van der Waals surface area contributed by atoms with E-state index in [1.54, 1.807) is 17.0 Å². The van der Waals surface area contributed by atoms with E-state index in [1.165, 1.54) is 0 Å². The maximum Gasteiger partial charge on any atom is 0.359 e. The van der Waals surface area contributed by atoms with E-state index in [0.717, 1.165) is 22.3 Å². The third-order valence-corrected chi connectivity index (χ3v) is 5.51. The Bertz CT molecular complexity index is 1370. The van der Waals surface area contributed by atoms with E-state index < -0.39 is 6.04 Å². The summed E-state index contributed by atoms with van der Waals surface area (Å²) in [5.74, 6) is 1.94. The number of benzene rings is 2. The molecule has 0 radical (unpaired) electrons. The Balaban J connectivity index is 1.51. The number of hydrogen-bond acceptors (Lipinski definition) is 5. The van der Waals surface area contributed by atoms with Gasteiger partial charge in [-0.2, -0.15) is 4.57 Å². The molecule has 6 rings (SSSR count). The number of carbonyl (C=O) groups excluding carboxylic acids is 1. The SMILES string of the molecule is O=C1C(Cc2ccco2)Nc2c(-c3cc4ccccc4o3)nc(-c3ccccc3)c[n+]21. The van der Waals surface area contributed by atoms with Gasteiger partial charge in [-0.25, -0.2) is 9.78 Å². The van der Waals surface area contributed by atoms with Crippen molar-refractivity contribution in [2.75, 3.05) is 5.32 Å². The number of hydrogen-bond donors (Lipinski definition) is 1. The average molecular weight is 408 g/mol. The monoisotopic (exact) mass is 408 g/mol. The molecule has 0 bridgehead atoms. The molecule has 0 saturated carbocycles. The van der Waals surface area contributed by atoms with Crippen molar-refractivity contribution in [2.24, 2.45) is 0 Å². The zero-order valence-corrected chi connectivity index (χ0v) is 16.5. The van der Waals surface area contributed by atoms with Gasteiger partial charge in [-0.15, -0.1) is 0 Å². The highest BCUT2D eigenvalue weighted by Gasteiger charge is 2.42. The van der Waals surface area contributed by atoms with Gasteiger partial charge in [0.1, 0.15) is 23.2 Å². The predicted octanol–water partition coefficient (Wildman–Crippen LogP) is 4.72. The van der Waals surface area contributed by atoms with Crippen molar-refractivity contribution in [1.82, 2.24) is 4.98 Å². The van der Waals surface area contributed by atoms with E-state index >= 15 is 0 Å². The first-order valence-corrected chi connectivity index (χ1v) is 10.1. The molecule has 1 aliphatic rings. The predicted molar refractivity (Wildman–Crippen MR) is 116 cm³/mol. The number of nitrogens with zero attached hydrogens (tertiary/aromatic N) is 2. The minimum atomic E-state index is -0.442. The zero-order chi connectivity index (χ0) is 20.8. The largest absolute Gasteiger partial charge is 0.469 e. The first-order valence-electron chi connectivity index (χ1n) is 10.1. The highest BCUT2D eigenvalue weighted by Crippen LogP contribution is 2.33. The summed E-state index contributed by atoms with van der Waals surface area (Å²) >= 11 is 0. The van der Waals surface area contributed by atoms with Crippen LogP contribution in [0.25, 0.3) is 33.7 Å². The van der Waals surface area contributed by atoms with E-state index in [1.807, 2.05) is 72.8 Å². The fraction of sp³-hybridized carbons (Fsp3) is 0.0800. The van der Waals surface area contributed by atoms with Crippen molar-refractivity contribution in [1.29, 1.82) is 0 Å². The van der Waals surface area contributed by atoms with Crippen molar-refractivity contribution in [3.05, 3.63) is 91.0 Å². The maximum atomic E-state index is 13.3. The van der Waals surface area contributed by atoms with Crippen LogP contribution in [0.4, 0.5) is 5.82 Å². The Morgan fingerprint density at radius 2 is 1.84 bits per heavy atom. The molecule has 31 heavy (non-hydrogen) atoms. The molecule has 0 fully saturated rings. The topological polar surface area (TPSA) is 72.2 Å². The molecule has 0 saturated heterocycles. The molecule has 1 unspecified atom stereocenters. The van der Waals surface area contributed by atoms with Crippen LogP contribution in [0.3, 0.4) is 0 Å². The number of fused-ring (bicyclic) bond motifs is 2. The molecule has 0 amide bonds. The Hall–Kier alpha value is -4.19. The number of aromatic nitrogens is 2. The van der Waals surface area contributed by atoms with Gasteiger partial charge in [0.2, 0.25) is 6.04 Å². The fourth-order valence-corrected chi connectivity index (χ4v) is 4.00. The lowest BCUT2D eigenvalue weighted by Gasteiger charge is -2.05. The summed E-state index contributed by atoms with van der Waals surface area (Å²) in [4.78, 5) is 18.2. The van der Waals surface area contributed by atoms with Crippen LogP contribution in [0.5, 0.6) is 0 Å². The molecule has 6 heteroatoms. The van der Waals surface area contributed by atoms with Crippen molar-refractivity contribution < 1.29 is 18.2 Å². The summed E-state index contributed by atoms with van der Waals surface area (Å²) < 4.78 is 13.2. The Morgan fingerprint density at radius 3 is 2.65 bits per heavy atom. The van der Waals surface area contributed by atoms with Gasteiger partial charge < -0.3 is 8.83 Å². The number of furan rings is 2. The lowest BCUT2D eigenvalue weighted by atomic mass is 10.1. The summed E-state index contributed by atoms with van der Waals surface area (Å²) in [5, 5.41) is 4.33. The summed E-state index contributed by atoms with van der Waals surface area (Å²) in [7, 11) is 0. The fourth-order valence-electron chi connectivity index (χ4n) is 4.00. The van der Waals surface area contributed by atoms with E-state index in [2.05, 4.69) is 5.32 Å². The van der Waals surface area contributed by atoms with Gasteiger partial charge in [-0.1, -0.05) is 48.5 Å². The molecular weight excluding hydrogens is 390 g/mol. The van der Waals surface area contributed by atoms with Crippen molar-refractivity contribution in [3.8, 4) is 22.7 Å². The summed E-state index contributed by atoms with van der Waals surface area (Å²) in [6, 6.07) is 22.8. The molecule has 3 aromatic heterocycles. The van der Waals surface area contributed by atoms with Crippen molar-refractivity contribution in [2.45, 2.75) is 12.5 Å². The van der Waals surface area contributed by atoms with E-state index in [-0.39, 0.29) is 5.91 Å². The molecule has 0 aliphatic carbocycles. The highest BCUT2D eigenvalue weighted by molar-refractivity contribution is 5.88. The number of rotatable bonds is 4. The number of carbonyl (C=O) groups is 1. The molecule has 6 nitrogen and oxygen atoms in total. The number of para-hydroxylation sites is 1. The smallest absolute Gasteiger partial charge is 0.359 e. The number of anilines is 1. The minimum Gasteiger partial charge on any atom is -0.469 e. The van der Waals surface area contributed by atoms with Crippen LogP contribution in [-0.4, -0.2) is 16.9 Å². The molecular formula is C25H18N3O3+. The van der Waals surface area contributed by atoms with Crippen LogP contribution in [0.2, 0.25) is 0 Å². The molecule has 4 heterocycles. The Labute approximate surface area is 177 Å². The van der Waals surface area contributed by atoms with Gasteiger partial charge in [-0.3, -0.25) is 5.32 Å². The first-order chi connectivity index (χ1) is 15.3. The summed E-state index contributed by atoms with van der Waals surface area (Å²) in [6.07, 6.45) is 3.85. The van der Waals surface area contributed by atoms with Gasteiger partial charge in [0, 0.05) is 10.9 Å². The minimum absolute atomic E-state index is 0.0525. The second kappa shape index (κ2) is 6.95. The number of nitrogens with one attached hydrogen (secondary N) is 1. The van der Waals surface area contributed by atoms with Crippen LogP contribution in [-0.2, 0) is 6.42 Å². The van der Waals surface area contributed by atoms with Gasteiger partial charge >= 0.3 is 11.7 Å². The van der Waals surface area contributed by atoms with E-state index in [9.17, 15) is 4.79 Å². The third-order valence-electron chi connectivity index (χ3n) is 5.51. The van der Waals surface area contributed by atoms with Crippen LogP contribution in [0.15, 0.2) is 94.1 Å². The average Bonchev–Trinajstić information content (AvgIpc) is 3.54. The van der Waals surface area contributed by atoms with E-state index in [0.29, 0.717) is 29.4 Å². The third kappa shape index (κ3) is 3.00. The molecule has 1 atom stereocenters. The maximum absolute atomic E-state index is 13.3. The lowest BCUT2D eigenvalue weighted by Crippen LogP contribution is -2.43. The van der Waals surface area contributed by atoms with Crippen LogP contribution >= 0.6 is 0 Å². The Kier molecular flexibility index (Phi) is 3.96. The van der Waals surface area contributed by atoms with Gasteiger partial charge in [0.25, 0.3) is 0 Å². The second-order valence-corrected chi connectivity index (χ2v) is 7.53. The van der Waals surface area contributed by atoms with Crippen LogP contribution < -0.4 is 9.88 Å². The summed E-state index contributed by atoms with van der Waals surface area (Å²) in [6.45, 7) is 0. The highest BCUT2D eigenvalue weighted by atomic mass is 16.3. The van der Waals surface area contributed by atoms with Crippen LogP contribution in [0, 0.1) is 0 Å². The summed E-state index contributed by atoms with van der Waals surface area (Å²) in [5.41, 5.74) is 3.01. The quantitative estimate of drug-likeness (QED) is 0.436. The van der Waals surface area contributed by atoms with Crippen molar-refractivity contribution >= 4 is 22.7 Å². The molecule has 1 N–H and O–H groups in total. The normalized spacial score (nSPS) is 15.2. The molecule has 150 valence electrons. The molecule has 2 aromatic carbocycles. The Morgan fingerprint density at radius 1 is 1.00 bits per heavy atom. The zero-order valence-electron chi connectivity index (χ0n) is 16.5. The first kappa shape index (κ1) is 17.7. The van der Waals surface area contributed by atoms with Gasteiger partial charge in [0.15, 0.2) is 11.5 Å². The van der Waals surface area contributed by atoms with Gasteiger partial charge in [0.05, 0.1) is 12.7 Å². The second-order valence-electron chi connectivity index (χ2n) is 7.53. The molecule has 1 aliphatic heterocycles. The van der Waals surface area contributed by atoms with Crippen molar-refractivity contribution in [3.63, 3.8) is 0 Å². The van der Waals surface area contributed by atoms with Crippen LogP contribution in [0.1, 0.15) is 10.6 Å². The molecule has 5 aromatic rings. The van der Waals surface area contributed by atoms with Gasteiger partial charge in [-0.05, 0) is 24.3 Å². The van der Waals surface area contributed by atoms with E-state index in [4.69, 9.17) is 13.8 Å².